The molecule has 8 heteroatoms. The second-order valence-corrected chi connectivity index (χ2v) is 9.33. The summed E-state index contributed by atoms with van der Waals surface area (Å²) >= 11 is 0. The molecular formula is C23H30FN5O2. The maximum absolute atomic E-state index is 14.1. The van der Waals surface area contributed by atoms with Crippen LogP contribution in [0.3, 0.4) is 0 Å². The molecule has 1 aromatic carbocycles. The number of benzene rings is 1. The van der Waals surface area contributed by atoms with Gasteiger partial charge in [-0.25, -0.2) is 9.18 Å². The van der Waals surface area contributed by atoms with Crippen LogP contribution >= 0.6 is 0 Å². The molecule has 3 atom stereocenters. The van der Waals surface area contributed by atoms with Gasteiger partial charge in [0.05, 0.1) is 11.6 Å². The number of fused-ring (bicyclic) bond motifs is 2. The summed E-state index contributed by atoms with van der Waals surface area (Å²) in [6.07, 6.45) is 4.07. The Bertz CT molecular complexity index is 982. The normalized spacial score (nSPS) is 27.1. The number of carbonyl (C=O) groups is 2. The number of nitrogens with one attached hydrogen (secondary N) is 2. The zero-order chi connectivity index (χ0) is 21.7. The van der Waals surface area contributed by atoms with E-state index < -0.39 is 0 Å². The summed E-state index contributed by atoms with van der Waals surface area (Å²) in [5.41, 5.74) is 2.01. The molecule has 1 saturated carbocycles. The highest BCUT2D eigenvalue weighted by atomic mass is 19.1. The number of carbonyl (C=O) groups excluding carboxylic acids is 2. The van der Waals surface area contributed by atoms with E-state index in [0.717, 1.165) is 57.4 Å². The van der Waals surface area contributed by atoms with Gasteiger partial charge in [0.1, 0.15) is 11.5 Å². The lowest BCUT2D eigenvalue weighted by Gasteiger charge is -2.43. The fraction of sp³-hybridized carbons (Fsp3) is 0.565. The quantitative estimate of drug-likeness (QED) is 0.791. The van der Waals surface area contributed by atoms with Gasteiger partial charge in [0.15, 0.2) is 0 Å². The molecule has 0 unspecified atom stereocenters. The maximum Gasteiger partial charge on any atom is 0.320 e. The molecule has 2 aliphatic heterocycles. The molecule has 2 saturated heterocycles. The monoisotopic (exact) mass is 427 g/mol. The van der Waals surface area contributed by atoms with Gasteiger partial charge >= 0.3 is 6.03 Å². The lowest BCUT2D eigenvalue weighted by Crippen LogP contribution is -2.56. The van der Waals surface area contributed by atoms with Gasteiger partial charge in [0.2, 0.25) is 0 Å². The number of likely N-dealkylation sites (N-methyl/N-ethyl adjacent to an activating group) is 1. The highest BCUT2D eigenvalue weighted by molar-refractivity contribution is 5.99. The number of aromatic amines is 1. The van der Waals surface area contributed by atoms with Crippen LogP contribution in [0.4, 0.5) is 9.18 Å². The molecule has 2 aromatic rings. The predicted molar refractivity (Wildman–Crippen MR) is 117 cm³/mol. The Labute approximate surface area is 181 Å². The van der Waals surface area contributed by atoms with Crippen molar-refractivity contribution >= 4 is 22.8 Å². The van der Waals surface area contributed by atoms with Gasteiger partial charge in [0.25, 0.3) is 5.91 Å². The molecule has 1 aliphatic carbocycles. The fourth-order valence-corrected chi connectivity index (χ4v) is 5.57. The van der Waals surface area contributed by atoms with E-state index in [1.54, 1.807) is 12.1 Å². The van der Waals surface area contributed by atoms with Crippen molar-refractivity contribution in [2.75, 3.05) is 33.2 Å². The molecule has 1 aromatic heterocycles. The predicted octanol–water partition coefficient (Wildman–Crippen LogP) is 2.71. The molecule has 3 amide bonds. The van der Waals surface area contributed by atoms with Gasteiger partial charge in [-0.1, -0.05) is 6.07 Å². The van der Waals surface area contributed by atoms with E-state index in [1.165, 1.54) is 6.07 Å². The van der Waals surface area contributed by atoms with E-state index in [2.05, 4.69) is 15.2 Å². The number of H-pyrrole nitrogens is 1. The SMILES string of the molecule is Cc1ccc(F)c2cc(C(=O)N[C@@H]3CCC[C@H](N4CCN5C(=O)N(C)C[C@H]5C4)C3)[nH]c12. The van der Waals surface area contributed by atoms with Crippen molar-refractivity contribution in [2.24, 2.45) is 0 Å². The molecule has 3 heterocycles. The van der Waals surface area contributed by atoms with Gasteiger partial charge < -0.3 is 20.1 Å². The first kappa shape index (κ1) is 20.3. The summed E-state index contributed by atoms with van der Waals surface area (Å²) < 4.78 is 14.1. The molecular weight excluding hydrogens is 397 g/mol. The summed E-state index contributed by atoms with van der Waals surface area (Å²) in [7, 11) is 1.87. The van der Waals surface area contributed by atoms with Gasteiger partial charge in [0, 0.05) is 50.7 Å². The number of hydrogen-bond donors (Lipinski definition) is 2. The van der Waals surface area contributed by atoms with E-state index in [1.807, 2.05) is 23.8 Å². The molecule has 0 bridgehead atoms. The summed E-state index contributed by atoms with van der Waals surface area (Å²) in [6, 6.07) is 5.71. The third-order valence-electron chi connectivity index (χ3n) is 7.26. The zero-order valence-electron chi connectivity index (χ0n) is 18.2. The van der Waals surface area contributed by atoms with E-state index in [-0.39, 0.29) is 29.8 Å². The van der Waals surface area contributed by atoms with Crippen LogP contribution in [0.1, 0.15) is 41.7 Å². The first-order valence-electron chi connectivity index (χ1n) is 11.2. The smallest absolute Gasteiger partial charge is 0.320 e. The fourth-order valence-electron chi connectivity index (χ4n) is 5.57. The first-order valence-corrected chi connectivity index (χ1v) is 11.2. The Morgan fingerprint density at radius 1 is 1.19 bits per heavy atom. The molecule has 7 nitrogen and oxygen atoms in total. The van der Waals surface area contributed by atoms with Crippen LogP contribution in [0.2, 0.25) is 0 Å². The van der Waals surface area contributed by atoms with Gasteiger partial charge in [-0.3, -0.25) is 9.69 Å². The highest BCUT2D eigenvalue weighted by Gasteiger charge is 2.41. The van der Waals surface area contributed by atoms with Gasteiger partial charge in [-0.05, 0) is 50.3 Å². The lowest BCUT2D eigenvalue weighted by molar-refractivity contribution is 0.0630. The van der Waals surface area contributed by atoms with Crippen molar-refractivity contribution < 1.29 is 14.0 Å². The third-order valence-corrected chi connectivity index (χ3v) is 7.26. The molecule has 3 fully saturated rings. The number of urea groups is 1. The van der Waals surface area contributed by atoms with Crippen molar-refractivity contribution in [3.05, 3.63) is 35.3 Å². The molecule has 5 rings (SSSR count). The number of aromatic nitrogens is 1. The van der Waals surface area contributed by atoms with Gasteiger partial charge in [-0.15, -0.1) is 0 Å². The van der Waals surface area contributed by atoms with Crippen molar-refractivity contribution in [1.82, 2.24) is 25.0 Å². The molecule has 31 heavy (non-hydrogen) atoms. The summed E-state index contributed by atoms with van der Waals surface area (Å²) in [6.45, 7) is 5.27. The second-order valence-electron chi connectivity index (χ2n) is 9.33. The Balaban J connectivity index is 1.23. The van der Waals surface area contributed by atoms with Crippen molar-refractivity contribution in [2.45, 2.75) is 50.7 Å². The number of hydrogen-bond acceptors (Lipinski definition) is 3. The minimum absolute atomic E-state index is 0.106. The van der Waals surface area contributed by atoms with E-state index in [4.69, 9.17) is 0 Å². The van der Waals surface area contributed by atoms with Crippen molar-refractivity contribution in [3.8, 4) is 0 Å². The minimum Gasteiger partial charge on any atom is -0.350 e. The number of rotatable bonds is 3. The van der Waals surface area contributed by atoms with Crippen LogP contribution in [0, 0.1) is 12.7 Å². The molecule has 0 spiro atoms. The highest BCUT2D eigenvalue weighted by Crippen LogP contribution is 2.28. The summed E-state index contributed by atoms with van der Waals surface area (Å²) in [5, 5.41) is 3.63. The van der Waals surface area contributed by atoms with Crippen LogP contribution in [-0.4, -0.2) is 83.0 Å². The number of halogens is 1. The van der Waals surface area contributed by atoms with Crippen molar-refractivity contribution in [3.63, 3.8) is 0 Å². The zero-order valence-corrected chi connectivity index (χ0v) is 18.2. The summed E-state index contributed by atoms with van der Waals surface area (Å²) in [5.74, 6) is -0.489. The van der Waals surface area contributed by atoms with E-state index >= 15 is 0 Å². The minimum atomic E-state index is -0.316. The molecule has 166 valence electrons. The average molecular weight is 428 g/mol. The Hall–Kier alpha value is -2.61. The number of aryl methyl sites for hydroxylation is 1. The first-order chi connectivity index (χ1) is 14.9. The molecule has 2 N–H and O–H groups in total. The number of piperazine rings is 1. The third kappa shape index (κ3) is 3.67. The van der Waals surface area contributed by atoms with Crippen LogP contribution in [0.15, 0.2) is 18.2 Å². The average Bonchev–Trinajstić information content (AvgIpc) is 3.34. The van der Waals surface area contributed by atoms with E-state index in [9.17, 15) is 14.0 Å². The van der Waals surface area contributed by atoms with Crippen LogP contribution in [-0.2, 0) is 0 Å². The lowest BCUT2D eigenvalue weighted by atomic mass is 9.89. The summed E-state index contributed by atoms with van der Waals surface area (Å²) in [4.78, 5) is 34.5. The topological polar surface area (TPSA) is 71.7 Å². The maximum atomic E-state index is 14.1. The Morgan fingerprint density at radius 2 is 2.03 bits per heavy atom. The van der Waals surface area contributed by atoms with Crippen LogP contribution < -0.4 is 5.32 Å². The van der Waals surface area contributed by atoms with Crippen LogP contribution in [0.25, 0.3) is 10.9 Å². The number of amides is 3. The molecule has 3 aliphatic rings. The van der Waals surface area contributed by atoms with Gasteiger partial charge in [-0.2, -0.15) is 0 Å². The Morgan fingerprint density at radius 3 is 2.84 bits per heavy atom. The molecule has 0 radical (unpaired) electrons. The number of nitrogens with zero attached hydrogens (tertiary/aromatic N) is 3. The van der Waals surface area contributed by atoms with Crippen molar-refractivity contribution in [1.29, 1.82) is 0 Å². The standard InChI is InChI=1S/C23H30FN5O2/c1-14-6-7-19(24)18-11-20(26-21(14)18)22(30)25-15-4-3-5-16(10-15)28-8-9-29-17(13-28)12-27(2)23(29)31/h6-7,11,15-17,26H,3-5,8-10,12-13H2,1-2H3,(H,25,30)/t15-,16+,17+/m1/s1. The largest absolute Gasteiger partial charge is 0.350 e. The van der Waals surface area contributed by atoms with E-state index in [0.29, 0.717) is 22.6 Å². The van der Waals surface area contributed by atoms with Crippen LogP contribution in [0.5, 0.6) is 0 Å². The second kappa shape index (κ2) is 7.82. The Kier molecular flexibility index (Phi) is 5.12.